The van der Waals surface area contributed by atoms with E-state index in [4.69, 9.17) is 4.74 Å². The first-order chi connectivity index (χ1) is 12.2. The fourth-order valence-corrected chi connectivity index (χ4v) is 4.03. The highest BCUT2D eigenvalue weighted by atomic mass is 16.5. The number of ether oxygens (including phenoxy) is 1. The lowest BCUT2D eigenvalue weighted by atomic mass is 9.84. The zero-order chi connectivity index (χ0) is 17.2. The minimum Gasteiger partial charge on any atom is -0.453 e. The van der Waals surface area contributed by atoms with Crippen LogP contribution in [0, 0.1) is 0 Å². The van der Waals surface area contributed by atoms with E-state index in [0.717, 1.165) is 5.56 Å². The molecular weight excluding hydrogens is 312 g/mol. The van der Waals surface area contributed by atoms with Crippen LogP contribution in [0.4, 0.5) is 0 Å². The normalized spacial score (nSPS) is 20.2. The summed E-state index contributed by atoms with van der Waals surface area (Å²) in [5.74, 6) is 0.325. The lowest BCUT2D eigenvalue weighted by molar-refractivity contribution is 0.0367. The monoisotopic (exact) mass is 334 g/mol. The Hall–Kier alpha value is -2.42. The van der Waals surface area contributed by atoms with Crippen LogP contribution in [0.1, 0.15) is 82.4 Å². The summed E-state index contributed by atoms with van der Waals surface area (Å²) in [5.41, 5.74) is 3.43. The average Bonchev–Trinajstić information content (AvgIpc) is 2.98. The van der Waals surface area contributed by atoms with Gasteiger partial charge in [0.15, 0.2) is 5.78 Å². The van der Waals surface area contributed by atoms with Crippen LogP contribution < -0.4 is 0 Å². The molecule has 1 atom stereocenters. The summed E-state index contributed by atoms with van der Waals surface area (Å²) in [6.07, 6.45) is 6.19. The molecule has 0 spiro atoms. The molecule has 0 radical (unpaired) electrons. The Morgan fingerprint density at radius 2 is 1.68 bits per heavy atom. The molecule has 2 aromatic carbocycles. The topological polar surface area (TPSA) is 43.4 Å². The highest BCUT2D eigenvalue weighted by molar-refractivity contribution is 5.99. The number of Topliss-reactive ketones (excluding diaryl/α,β-unsaturated/α-hetero) is 1. The third kappa shape index (κ3) is 3.23. The Kier molecular flexibility index (Phi) is 4.39. The zero-order valence-electron chi connectivity index (χ0n) is 14.2. The van der Waals surface area contributed by atoms with E-state index in [2.05, 4.69) is 12.1 Å². The molecule has 3 nitrogen and oxygen atoms in total. The summed E-state index contributed by atoms with van der Waals surface area (Å²) in [5, 5.41) is 0. The van der Waals surface area contributed by atoms with Crippen LogP contribution in [-0.4, -0.2) is 11.8 Å². The SMILES string of the molecule is O=C(C[C@@H]1OC(=O)c2ccccc21)c1ccc(C2CCCCC2)cc1. The second-order valence-corrected chi connectivity index (χ2v) is 7.07. The third-order valence-electron chi connectivity index (χ3n) is 5.46. The van der Waals surface area contributed by atoms with Crippen molar-refractivity contribution >= 4 is 11.8 Å². The summed E-state index contributed by atoms with van der Waals surface area (Å²) in [6.45, 7) is 0. The zero-order valence-corrected chi connectivity index (χ0v) is 14.2. The number of ketones is 1. The molecule has 0 N–H and O–H groups in total. The highest BCUT2D eigenvalue weighted by Crippen LogP contribution is 2.35. The molecule has 1 saturated carbocycles. The maximum Gasteiger partial charge on any atom is 0.339 e. The molecule has 0 unspecified atom stereocenters. The van der Waals surface area contributed by atoms with E-state index in [9.17, 15) is 9.59 Å². The molecule has 0 amide bonds. The van der Waals surface area contributed by atoms with Crippen LogP contribution in [0.5, 0.6) is 0 Å². The van der Waals surface area contributed by atoms with Crippen LogP contribution >= 0.6 is 0 Å². The molecule has 0 bridgehead atoms. The van der Waals surface area contributed by atoms with Gasteiger partial charge in [-0.2, -0.15) is 0 Å². The molecule has 0 aromatic heterocycles. The molecule has 25 heavy (non-hydrogen) atoms. The van der Waals surface area contributed by atoms with E-state index >= 15 is 0 Å². The minimum atomic E-state index is -0.464. The van der Waals surface area contributed by atoms with Crippen molar-refractivity contribution in [3.63, 3.8) is 0 Å². The Morgan fingerprint density at radius 3 is 2.44 bits per heavy atom. The summed E-state index contributed by atoms with van der Waals surface area (Å²) in [7, 11) is 0. The predicted octanol–water partition coefficient (Wildman–Crippen LogP) is 5.22. The van der Waals surface area contributed by atoms with Crippen LogP contribution in [-0.2, 0) is 4.74 Å². The number of carbonyl (C=O) groups excluding carboxylic acids is 2. The van der Waals surface area contributed by atoms with Gasteiger partial charge >= 0.3 is 5.97 Å². The summed E-state index contributed by atoms with van der Waals surface area (Å²) < 4.78 is 5.38. The second-order valence-electron chi connectivity index (χ2n) is 7.07. The van der Waals surface area contributed by atoms with E-state index in [0.29, 0.717) is 17.0 Å². The number of rotatable bonds is 4. The Bertz CT molecular complexity index is 785. The van der Waals surface area contributed by atoms with E-state index in [1.165, 1.54) is 37.7 Å². The van der Waals surface area contributed by atoms with Crippen molar-refractivity contribution in [1.82, 2.24) is 0 Å². The molecular formula is C22H22O3. The van der Waals surface area contributed by atoms with Crippen molar-refractivity contribution in [1.29, 1.82) is 0 Å². The average molecular weight is 334 g/mol. The number of fused-ring (bicyclic) bond motifs is 1. The van der Waals surface area contributed by atoms with Crippen molar-refractivity contribution < 1.29 is 14.3 Å². The second kappa shape index (κ2) is 6.83. The molecule has 1 heterocycles. The van der Waals surface area contributed by atoms with Gasteiger partial charge in [-0.05, 0) is 30.4 Å². The molecule has 2 aromatic rings. The van der Waals surface area contributed by atoms with E-state index in [-0.39, 0.29) is 18.2 Å². The van der Waals surface area contributed by atoms with Crippen molar-refractivity contribution in [3.8, 4) is 0 Å². The number of hydrogen-bond donors (Lipinski definition) is 0. The molecule has 0 saturated heterocycles. The first-order valence-corrected chi connectivity index (χ1v) is 9.15. The first kappa shape index (κ1) is 16.1. The summed E-state index contributed by atoms with van der Waals surface area (Å²) in [4.78, 5) is 24.5. The van der Waals surface area contributed by atoms with Gasteiger partial charge in [0.1, 0.15) is 6.10 Å². The van der Waals surface area contributed by atoms with E-state index < -0.39 is 6.10 Å². The lowest BCUT2D eigenvalue weighted by Gasteiger charge is -2.22. The molecule has 128 valence electrons. The smallest absolute Gasteiger partial charge is 0.339 e. The number of benzene rings is 2. The van der Waals surface area contributed by atoms with Gasteiger partial charge in [-0.15, -0.1) is 0 Å². The third-order valence-corrected chi connectivity index (χ3v) is 5.46. The van der Waals surface area contributed by atoms with Gasteiger partial charge in [-0.3, -0.25) is 4.79 Å². The lowest BCUT2D eigenvalue weighted by Crippen LogP contribution is -2.09. The van der Waals surface area contributed by atoms with Crippen LogP contribution in [0.3, 0.4) is 0 Å². The first-order valence-electron chi connectivity index (χ1n) is 9.15. The van der Waals surface area contributed by atoms with Crippen LogP contribution in [0.2, 0.25) is 0 Å². The predicted molar refractivity (Wildman–Crippen MR) is 95.8 cm³/mol. The maximum absolute atomic E-state index is 12.6. The largest absolute Gasteiger partial charge is 0.453 e. The van der Waals surface area contributed by atoms with E-state index in [1.54, 1.807) is 6.07 Å². The van der Waals surface area contributed by atoms with Crippen molar-refractivity contribution in [2.45, 2.75) is 50.5 Å². The number of carbonyl (C=O) groups is 2. The van der Waals surface area contributed by atoms with Gasteiger partial charge in [0.25, 0.3) is 0 Å². The Balaban J connectivity index is 1.46. The molecule has 3 heteroatoms. The number of cyclic esters (lactones) is 1. The molecule has 1 aliphatic heterocycles. The molecule has 2 aliphatic rings. The van der Waals surface area contributed by atoms with Gasteiger partial charge in [-0.1, -0.05) is 61.7 Å². The van der Waals surface area contributed by atoms with Crippen LogP contribution in [0.25, 0.3) is 0 Å². The Morgan fingerprint density at radius 1 is 0.960 bits per heavy atom. The molecule has 4 rings (SSSR count). The summed E-state index contributed by atoms with van der Waals surface area (Å²) in [6, 6.07) is 15.3. The van der Waals surface area contributed by atoms with Gasteiger partial charge in [-0.25, -0.2) is 4.79 Å². The molecule has 1 aliphatic carbocycles. The van der Waals surface area contributed by atoms with Gasteiger partial charge in [0.2, 0.25) is 0 Å². The highest BCUT2D eigenvalue weighted by Gasteiger charge is 2.32. The fraction of sp³-hybridized carbons (Fsp3) is 0.364. The van der Waals surface area contributed by atoms with Crippen molar-refractivity contribution in [2.24, 2.45) is 0 Å². The fourth-order valence-electron chi connectivity index (χ4n) is 4.03. The van der Waals surface area contributed by atoms with Gasteiger partial charge in [0, 0.05) is 11.1 Å². The Labute approximate surface area is 148 Å². The van der Waals surface area contributed by atoms with Gasteiger partial charge < -0.3 is 4.74 Å². The quantitative estimate of drug-likeness (QED) is 0.569. The minimum absolute atomic E-state index is 0.0182. The van der Waals surface area contributed by atoms with Crippen LogP contribution in [0.15, 0.2) is 48.5 Å². The van der Waals surface area contributed by atoms with E-state index in [1.807, 2.05) is 30.3 Å². The maximum atomic E-state index is 12.6. The summed E-state index contributed by atoms with van der Waals surface area (Å²) >= 11 is 0. The van der Waals surface area contributed by atoms with Crippen molar-refractivity contribution in [3.05, 3.63) is 70.8 Å². The van der Waals surface area contributed by atoms with Gasteiger partial charge in [0.05, 0.1) is 12.0 Å². The number of hydrogen-bond acceptors (Lipinski definition) is 3. The van der Waals surface area contributed by atoms with Crippen molar-refractivity contribution in [2.75, 3.05) is 0 Å². The standard InChI is InChI=1S/C22H22O3/c23-20(14-21-18-8-4-5-9-19(18)22(24)25-21)17-12-10-16(11-13-17)15-6-2-1-3-7-15/h4-5,8-13,15,21H,1-3,6-7,14H2/t21-/m0/s1. The number of esters is 1. The molecule has 1 fully saturated rings.